The van der Waals surface area contributed by atoms with Crippen LogP contribution in [0.15, 0.2) is 22.8 Å². The zero-order valence-electron chi connectivity index (χ0n) is 13.6. The van der Waals surface area contributed by atoms with E-state index in [-0.39, 0.29) is 17.4 Å². The third-order valence-electron chi connectivity index (χ3n) is 3.57. The van der Waals surface area contributed by atoms with Gasteiger partial charge in [0.2, 0.25) is 0 Å². The molecule has 1 fully saturated rings. The van der Waals surface area contributed by atoms with Gasteiger partial charge in [-0.1, -0.05) is 20.8 Å². The average Bonchev–Trinajstić information content (AvgIpc) is 2.87. The predicted octanol–water partition coefficient (Wildman–Crippen LogP) is 2.18. The molecule has 0 saturated carbocycles. The molecule has 6 nitrogen and oxygen atoms in total. The number of amides is 3. The highest BCUT2D eigenvalue weighted by Crippen LogP contribution is 2.12. The molecule has 1 saturated heterocycles. The molecule has 0 aromatic carbocycles. The van der Waals surface area contributed by atoms with E-state index in [1.165, 1.54) is 6.26 Å². The van der Waals surface area contributed by atoms with Gasteiger partial charge in [0.25, 0.3) is 5.91 Å². The van der Waals surface area contributed by atoms with Gasteiger partial charge in [0, 0.05) is 32.7 Å². The summed E-state index contributed by atoms with van der Waals surface area (Å²) in [6.45, 7) is 9.27. The van der Waals surface area contributed by atoms with Crippen molar-refractivity contribution in [1.82, 2.24) is 15.1 Å². The van der Waals surface area contributed by atoms with Crippen LogP contribution in [0.25, 0.3) is 0 Å². The molecule has 3 amide bonds. The highest BCUT2D eigenvalue weighted by atomic mass is 16.3. The van der Waals surface area contributed by atoms with E-state index in [1.54, 1.807) is 21.9 Å². The van der Waals surface area contributed by atoms with Crippen LogP contribution in [-0.2, 0) is 0 Å². The molecule has 1 aliphatic rings. The van der Waals surface area contributed by atoms with E-state index in [0.29, 0.717) is 38.5 Å². The van der Waals surface area contributed by atoms with Crippen molar-refractivity contribution in [2.75, 3.05) is 32.7 Å². The lowest BCUT2D eigenvalue weighted by atomic mass is 9.97. The summed E-state index contributed by atoms with van der Waals surface area (Å²) < 4.78 is 5.16. The predicted molar refractivity (Wildman–Crippen MR) is 83.7 cm³/mol. The zero-order chi connectivity index (χ0) is 16.2. The van der Waals surface area contributed by atoms with Crippen LogP contribution in [0.5, 0.6) is 0 Å². The van der Waals surface area contributed by atoms with Crippen LogP contribution >= 0.6 is 0 Å². The third kappa shape index (κ3) is 4.51. The van der Waals surface area contributed by atoms with Gasteiger partial charge in [0.1, 0.15) is 0 Å². The average molecular weight is 307 g/mol. The van der Waals surface area contributed by atoms with Gasteiger partial charge in [-0.05, 0) is 24.0 Å². The monoisotopic (exact) mass is 307 g/mol. The fraction of sp³-hybridized carbons (Fsp3) is 0.625. The maximum absolute atomic E-state index is 12.3. The third-order valence-corrected chi connectivity index (χ3v) is 3.57. The molecule has 0 aliphatic carbocycles. The van der Waals surface area contributed by atoms with E-state index < -0.39 is 0 Å². The van der Waals surface area contributed by atoms with Gasteiger partial charge in [-0.3, -0.25) is 4.79 Å². The van der Waals surface area contributed by atoms with Gasteiger partial charge < -0.3 is 19.5 Å². The number of furan rings is 1. The number of nitrogens with one attached hydrogen (secondary N) is 1. The summed E-state index contributed by atoms with van der Waals surface area (Å²) in [6.07, 6.45) is 2.27. The van der Waals surface area contributed by atoms with E-state index >= 15 is 0 Å². The van der Waals surface area contributed by atoms with Gasteiger partial charge in [0.05, 0.1) is 6.26 Å². The first-order chi connectivity index (χ1) is 10.4. The number of carbonyl (C=O) groups is 2. The number of rotatable bonds is 2. The maximum Gasteiger partial charge on any atom is 0.317 e. The van der Waals surface area contributed by atoms with Crippen molar-refractivity contribution < 1.29 is 14.0 Å². The first kappa shape index (κ1) is 16.4. The van der Waals surface area contributed by atoms with E-state index in [2.05, 4.69) is 26.1 Å². The molecule has 22 heavy (non-hydrogen) atoms. The molecule has 2 rings (SSSR count). The van der Waals surface area contributed by atoms with E-state index in [0.717, 1.165) is 6.42 Å². The van der Waals surface area contributed by atoms with Crippen LogP contribution in [0, 0.1) is 5.41 Å². The smallest absolute Gasteiger partial charge is 0.317 e. The highest BCUT2D eigenvalue weighted by Gasteiger charge is 2.24. The summed E-state index contributed by atoms with van der Waals surface area (Å²) in [4.78, 5) is 28.0. The van der Waals surface area contributed by atoms with Crippen LogP contribution in [0.3, 0.4) is 0 Å². The number of hydrogen-bond acceptors (Lipinski definition) is 3. The first-order valence-electron chi connectivity index (χ1n) is 7.72. The van der Waals surface area contributed by atoms with Gasteiger partial charge in [0.15, 0.2) is 5.76 Å². The Kier molecular flexibility index (Phi) is 5.11. The SMILES string of the molecule is CC(C)(C)CNC(=O)N1CCCN(C(=O)c2ccco2)CC1. The van der Waals surface area contributed by atoms with Gasteiger partial charge >= 0.3 is 6.03 Å². The van der Waals surface area contributed by atoms with Crippen molar-refractivity contribution in [1.29, 1.82) is 0 Å². The van der Waals surface area contributed by atoms with Crippen LogP contribution in [-0.4, -0.2) is 54.5 Å². The molecule has 2 heterocycles. The Morgan fingerprint density at radius 2 is 1.86 bits per heavy atom. The van der Waals surface area contributed by atoms with Crippen LogP contribution in [0.4, 0.5) is 4.79 Å². The molecule has 6 heteroatoms. The van der Waals surface area contributed by atoms with Crippen molar-refractivity contribution in [3.63, 3.8) is 0 Å². The summed E-state index contributed by atoms with van der Waals surface area (Å²) in [5.41, 5.74) is 0.0583. The van der Waals surface area contributed by atoms with Crippen LogP contribution in [0.1, 0.15) is 37.7 Å². The van der Waals surface area contributed by atoms with Crippen LogP contribution in [0.2, 0.25) is 0 Å². The molecule has 0 unspecified atom stereocenters. The number of urea groups is 1. The number of carbonyl (C=O) groups excluding carboxylic acids is 2. The molecule has 0 bridgehead atoms. The first-order valence-corrected chi connectivity index (χ1v) is 7.72. The fourth-order valence-electron chi connectivity index (χ4n) is 2.33. The van der Waals surface area contributed by atoms with Crippen molar-refractivity contribution >= 4 is 11.9 Å². The molecular formula is C16H25N3O3. The molecule has 0 radical (unpaired) electrons. The Bertz CT molecular complexity index is 505. The van der Waals surface area contributed by atoms with Gasteiger partial charge in [-0.25, -0.2) is 4.79 Å². The Balaban J connectivity index is 1.87. The topological polar surface area (TPSA) is 65.8 Å². The zero-order valence-corrected chi connectivity index (χ0v) is 13.6. The van der Waals surface area contributed by atoms with Crippen molar-refractivity contribution in [2.24, 2.45) is 5.41 Å². The van der Waals surface area contributed by atoms with Gasteiger partial charge in [-0.2, -0.15) is 0 Å². The summed E-state index contributed by atoms with van der Waals surface area (Å²) >= 11 is 0. The second kappa shape index (κ2) is 6.85. The standard InChI is InChI=1S/C16H25N3O3/c1-16(2,3)12-17-15(21)19-8-5-7-18(9-10-19)14(20)13-6-4-11-22-13/h4,6,11H,5,7-10,12H2,1-3H3,(H,17,21). The lowest BCUT2D eigenvalue weighted by Crippen LogP contribution is -2.44. The van der Waals surface area contributed by atoms with E-state index in [9.17, 15) is 9.59 Å². The van der Waals surface area contributed by atoms with E-state index in [4.69, 9.17) is 4.42 Å². The van der Waals surface area contributed by atoms with Crippen molar-refractivity contribution in [3.05, 3.63) is 24.2 Å². The molecule has 0 atom stereocenters. The molecule has 1 aliphatic heterocycles. The number of hydrogen-bond donors (Lipinski definition) is 1. The second-order valence-corrected chi connectivity index (χ2v) is 6.83. The van der Waals surface area contributed by atoms with Crippen molar-refractivity contribution in [2.45, 2.75) is 27.2 Å². The largest absolute Gasteiger partial charge is 0.459 e. The maximum atomic E-state index is 12.3. The fourth-order valence-corrected chi connectivity index (χ4v) is 2.33. The number of nitrogens with zero attached hydrogens (tertiary/aromatic N) is 2. The molecule has 1 aromatic rings. The second-order valence-electron chi connectivity index (χ2n) is 6.83. The lowest BCUT2D eigenvalue weighted by Gasteiger charge is -2.25. The highest BCUT2D eigenvalue weighted by molar-refractivity contribution is 5.91. The Morgan fingerprint density at radius 3 is 2.50 bits per heavy atom. The molecule has 122 valence electrons. The minimum absolute atomic E-state index is 0.0535. The van der Waals surface area contributed by atoms with Gasteiger partial charge in [-0.15, -0.1) is 0 Å². The summed E-state index contributed by atoms with van der Waals surface area (Å²) in [6, 6.07) is 3.32. The molecule has 1 aromatic heterocycles. The summed E-state index contributed by atoms with van der Waals surface area (Å²) in [5, 5.41) is 2.96. The summed E-state index contributed by atoms with van der Waals surface area (Å²) in [5.74, 6) is 0.243. The summed E-state index contributed by atoms with van der Waals surface area (Å²) in [7, 11) is 0. The normalized spacial score (nSPS) is 16.3. The Morgan fingerprint density at radius 1 is 1.18 bits per heavy atom. The molecule has 0 spiro atoms. The minimum Gasteiger partial charge on any atom is -0.459 e. The quantitative estimate of drug-likeness (QED) is 0.910. The van der Waals surface area contributed by atoms with Crippen LogP contribution < -0.4 is 5.32 Å². The Labute approximate surface area is 131 Å². The molecular weight excluding hydrogens is 282 g/mol. The Hall–Kier alpha value is -1.98. The minimum atomic E-state index is -0.109. The lowest BCUT2D eigenvalue weighted by molar-refractivity contribution is 0.0730. The van der Waals surface area contributed by atoms with Crippen molar-refractivity contribution in [3.8, 4) is 0 Å². The van der Waals surface area contributed by atoms with E-state index in [1.807, 2.05) is 0 Å². The molecule has 1 N–H and O–H groups in total.